The number of methoxy groups -OCH3 is 1. The molecule has 0 amide bonds. The minimum absolute atomic E-state index is 0.183. The van der Waals surface area contributed by atoms with Crippen LogP contribution in [0, 0.1) is 0 Å². The van der Waals surface area contributed by atoms with Crippen molar-refractivity contribution in [3.8, 4) is 0 Å². The molecule has 2 aromatic heterocycles. The third-order valence-corrected chi connectivity index (χ3v) is 3.82. The van der Waals surface area contributed by atoms with E-state index in [0.29, 0.717) is 6.61 Å². The van der Waals surface area contributed by atoms with Gasteiger partial charge in [-0.15, -0.1) is 0 Å². The zero-order chi connectivity index (χ0) is 14.9. The quantitative estimate of drug-likeness (QED) is 0.801. The van der Waals surface area contributed by atoms with E-state index in [-0.39, 0.29) is 6.10 Å². The number of benzene rings is 1. The maximum absolute atomic E-state index is 6.11. The standard InChI is InChI=1S/C18H16N2O2/c1-21-11-13-10-17-14(18(22-13)16-7-4-8-19-16)9-12-5-2-3-6-15(12)20-17/h2-10,18-19H,11H2,1H3. The largest absolute Gasteiger partial charge is 0.481 e. The van der Waals surface area contributed by atoms with Crippen LogP contribution in [0.15, 0.2) is 54.4 Å². The molecule has 0 saturated heterocycles. The minimum atomic E-state index is -0.183. The molecule has 4 heteroatoms. The van der Waals surface area contributed by atoms with E-state index < -0.39 is 0 Å². The van der Waals surface area contributed by atoms with E-state index in [1.165, 1.54) is 0 Å². The molecule has 0 bridgehead atoms. The molecule has 0 radical (unpaired) electrons. The van der Waals surface area contributed by atoms with Crippen LogP contribution in [-0.4, -0.2) is 23.7 Å². The SMILES string of the molecule is COCC1=Cc2nc3ccccc3cc2C(c2ccc[nH]2)O1. The number of ether oxygens (including phenoxy) is 2. The zero-order valence-corrected chi connectivity index (χ0v) is 12.2. The first-order valence-corrected chi connectivity index (χ1v) is 7.24. The van der Waals surface area contributed by atoms with Crippen LogP contribution >= 0.6 is 0 Å². The lowest BCUT2D eigenvalue weighted by molar-refractivity contribution is 0.0933. The molecule has 0 aliphatic carbocycles. The second-order valence-corrected chi connectivity index (χ2v) is 5.32. The van der Waals surface area contributed by atoms with E-state index in [9.17, 15) is 0 Å². The summed E-state index contributed by atoms with van der Waals surface area (Å²) in [6.45, 7) is 0.436. The van der Waals surface area contributed by atoms with Crippen molar-refractivity contribution in [2.45, 2.75) is 6.10 Å². The van der Waals surface area contributed by atoms with E-state index in [4.69, 9.17) is 14.5 Å². The van der Waals surface area contributed by atoms with Crippen molar-refractivity contribution in [1.29, 1.82) is 0 Å². The van der Waals surface area contributed by atoms with Crippen LogP contribution in [0.4, 0.5) is 0 Å². The number of H-pyrrole nitrogens is 1. The van der Waals surface area contributed by atoms with Crippen molar-refractivity contribution in [3.63, 3.8) is 0 Å². The maximum Gasteiger partial charge on any atom is 0.165 e. The fraction of sp³-hybridized carbons (Fsp3) is 0.167. The summed E-state index contributed by atoms with van der Waals surface area (Å²) in [6.07, 6.45) is 3.68. The molecule has 22 heavy (non-hydrogen) atoms. The van der Waals surface area contributed by atoms with Crippen LogP contribution in [0.2, 0.25) is 0 Å². The Bertz CT molecular complexity index is 837. The highest BCUT2D eigenvalue weighted by Crippen LogP contribution is 2.36. The number of rotatable bonds is 3. The Hall–Kier alpha value is -2.59. The molecule has 4 nitrogen and oxygen atoms in total. The third kappa shape index (κ3) is 2.18. The van der Waals surface area contributed by atoms with Crippen LogP contribution in [0.25, 0.3) is 17.0 Å². The first kappa shape index (κ1) is 13.1. The van der Waals surface area contributed by atoms with Crippen LogP contribution in [0.3, 0.4) is 0 Å². The van der Waals surface area contributed by atoms with Gasteiger partial charge in [-0.1, -0.05) is 18.2 Å². The summed E-state index contributed by atoms with van der Waals surface area (Å²) in [5, 5.41) is 1.12. The lowest BCUT2D eigenvalue weighted by Gasteiger charge is -2.26. The predicted molar refractivity (Wildman–Crippen MR) is 85.3 cm³/mol. The van der Waals surface area contributed by atoms with Crippen molar-refractivity contribution in [2.24, 2.45) is 0 Å². The molecule has 0 spiro atoms. The molecule has 1 aromatic carbocycles. The highest BCUT2D eigenvalue weighted by atomic mass is 16.5. The number of aromatic amines is 1. The van der Waals surface area contributed by atoms with Gasteiger partial charge < -0.3 is 14.5 Å². The summed E-state index contributed by atoms with van der Waals surface area (Å²) in [6, 6.07) is 14.3. The van der Waals surface area contributed by atoms with E-state index >= 15 is 0 Å². The zero-order valence-electron chi connectivity index (χ0n) is 12.2. The van der Waals surface area contributed by atoms with Crippen LogP contribution in [0.5, 0.6) is 0 Å². The third-order valence-electron chi connectivity index (χ3n) is 3.82. The molecule has 0 saturated carbocycles. The van der Waals surface area contributed by atoms with E-state index in [1.54, 1.807) is 7.11 Å². The van der Waals surface area contributed by atoms with Crippen molar-refractivity contribution < 1.29 is 9.47 Å². The van der Waals surface area contributed by atoms with E-state index in [0.717, 1.165) is 33.6 Å². The van der Waals surface area contributed by atoms with E-state index in [2.05, 4.69) is 17.1 Å². The first-order chi connectivity index (χ1) is 10.8. The molecule has 1 N–H and O–H groups in total. The van der Waals surface area contributed by atoms with Gasteiger partial charge >= 0.3 is 0 Å². The fourth-order valence-corrected chi connectivity index (χ4v) is 2.83. The summed E-state index contributed by atoms with van der Waals surface area (Å²) in [4.78, 5) is 8.02. The number of fused-ring (bicyclic) bond motifs is 2. The lowest BCUT2D eigenvalue weighted by atomic mass is 9.99. The summed E-state index contributed by atoms with van der Waals surface area (Å²) in [5.41, 5.74) is 4.01. The van der Waals surface area contributed by atoms with Crippen LogP contribution in [-0.2, 0) is 9.47 Å². The molecule has 1 unspecified atom stereocenters. The molecule has 1 aliphatic rings. The van der Waals surface area contributed by atoms with Gasteiger partial charge in [-0.25, -0.2) is 4.98 Å². The van der Waals surface area contributed by atoms with Gasteiger partial charge in [0.1, 0.15) is 12.4 Å². The highest BCUT2D eigenvalue weighted by Gasteiger charge is 2.26. The fourth-order valence-electron chi connectivity index (χ4n) is 2.83. The Morgan fingerprint density at radius 3 is 2.95 bits per heavy atom. The smallest absolute Gasteiger partial charge is 0.165 e. The van der Waals surface area contributed by atoms with Crippen LogP contribution in [0.1, 0.15) is 23.1 Å². The average molecular weight is 292 g/mol. The molecular weight excluding hydrogens is 276 g/mol. The minimum Gasteiger partial charge on any atom is -0.481 e. The van der Waals surface area contributed by atoms with Gasteiger partial charge in [0.2, 0.25) is 0 Å². The average Bonchev–Trinajstić information content (AvgIpc) is 3.07. The monoisotopic (exact) mass is 292 g/mol. The topological polar surface area (TPSA) is 47.1 Å². The number of nitrogens with one attached hydrogen (secondary N) is 1. The Balaban J connectivity index is 1.91. The van der Waals surface area contributed by atoms with Gasteiger partial charge in [-0.3, -0.25) is 0 Å². The van der Waals surface area contributed by atoms with Crippen molar-refractivity contribution in [1.82, 2.24) is 9.97 Å². The Labute approximate surface area is 128 Å². The van der Waals surface area contributed by atoms with Gasteiger partial charge in [0, 0.05) is 30.3 Å². The van der Waals surface area contributed by atoms with Gasteiger partial charge in [0.15, 0.2) is 6.10 Å². The maximum atomic E-state index is 6.11. The number of pyridine rings is 1. The Morgan fingerprint density at radius 1 is 1.23 bits per heavy atom. The summed E-state index contributed by atoms with van der Waals surface area (Å²) < 4.78 is 11.3. The number of para-hydroxylation sites is 1. The van der Waals surface area contributed by atoms with Crippen LogP contribution < -0.4 is 0 Å². The second-order valence-electron chi connectivity index (χ2n) is 5.32. The summed E-state index contributed by atoms with van der Waals surface area (Å²) in [7, 11) is 1.66. The molecule has 3 aromatic rings. The molecule has 3 heterocycles. The van der Waals surface area contributed by atoms with Crippen molar-refractivity contribution in [3.05, 3.63) is 71.4 Å². The molecule has 4 rings (SSSR count). The number of hydrogen-bond donors (Lipinski definition) is 1. The van der Waals surface area contributed by atoms with Gasteiger partial charge in [-0.05, 0) is 24.3 Å². The lowest BCUT2D eigenvalue weighted by Crippen LogP contribution is -2.16. The second kappa shape index (κ2) is 5.31. The highest BCUT2D eigenvalue weighted by molar-refractivity contribution is 5.81. The van der Waals surface area contributed by atoms with E-state index in [1.807, 2.05) is 42.6 Å². The van der Waals surface area contributed by atoms with Gasteiger partial charge in [-0.2, -0.15) is 0 Å². The normalized spacial score (nSPS) is 17.0. The number of nitrogens with zero attached hydrogens (tertiary/aromatic N) is 1. The van der Waals surface area contributed by atoms with Crippen molar-refractivity contribution >= 4 is 17.0 Å². The molecule has 0 fully saturated rings. The Morgan fingerprint density at radius 2 is 2.14 bits per heavy atom. The summed E-state index contributed by atoms with van der Waals surface area (Å²) in [5.74, 6) is 0.789. The van der Waals surface area contributed by atoms with Crippen molar-refractivity contribution in [2.75, 3.05) is 13.7 Å². The molecule has 1 atom stereocenters. The number of aromatic nitrogens is 2. The number of hydrogen-bond acceptors (Lipinski definition) is 3. The molecular formula is C18H16N2O2. The molecule has 110 valence electrons. The molecule has 1 aliphatic heterocycles. The summed E-state index contributed by atoms with van der Waals surface area (Å²) >= 11 is 0. The Kier molecular flexibility index (Phi) is 3.16. The predicted octanol–water partition coefficient (Wildman–Crippen LogP) is 3.67. The van der Waals surface area contributed by atoms with Gasteiger partial charge in [0.05, 0.1) is 16.9 Å². The van der Waals surface area contributed by atoms with Gasteiger partial charge in [0.25, 0.3) is 0 Å². The first-order valence-electron chi connectivity index (χ1n) is 7.24.